The highest BCUT2D eigenvalue weighted by molar-refractivity contribution is 6.36. The maximum Gasteiger partial charge on any atom is 0.270 e. The summed E-state index contributed by atoms with van der Waals surface area (Å²) in [5.74, 6) is -0.0103. The molecule has 0 bridgehead atoms. The first-order valence-corrected chi connectivity index (χ1v) is 7.60. The minimum absolute atomic E-state index is 0.265. The van der Waals surface area contributed by atoms with E-state index in [-0.39, 0.29) is 17.5 Å². The van der Waals surface area contributed by atoms with Crippen LogP contribution in [0.15, 0.2) is 24.3 Å². The third-order valence-corrected chi connectivity index (χ3v) is 3.40. The predicted molar refractivity (Wildman–Crippen MR) is 90.7 cm³/mol. The van der Waals surface area contributed by atoms with Crippen LogP contribution in [0.2, 0.25) is 10.0 Å². The quantitative estimate of drug-likeness (QED) is 0.779. The van der Waals surface area contributed by atoms with Gasteiger partial charge in [0.05, 0.1) is 17.3 Å². The van der Waals surface area contributed by atoms with E-state index in [9.17, 15) is 4.79 Å². The summed E-state index contributed by atoms with van der Waals surface area (Å²) in [5.41, 5.74) is 1.53. The van der Waals surface area contributed by atoms with Gasteiger partial charge in [-0.15, -0.1) is 0 Å². The van der Waals surface area contributed by atoms with Crippen molar-refractivity contribution in [1.29, 1.82) is 0 Å². The zero-order valence-corrected chi connectivity index (χ0v) is 14.2. The van der Waals surface area contributed by atoms with E-state index < -0.39 is 0 Å². The molecule has 0 aliphatic rings. The van der Waals surface area contributed by atoms with Crippen molar-refractivity contribution in [2.75, 3.05) is 25.6 Å². The van der Waals surface area contributed by atoms with Crippen LogP contribution in [-0.2, 0) is 4.74 Å². The lowest BCUT2D eigenvalue weighted by molar-refractivity contribution is 0.0932. The third kappa shape index (κ3) is 5.06. The molecular formula is C15H16Cl2N4O2. The number of carbonyl (C=O) groups is 1. The second-order valence-electron chi connectivity index (χ2n) is 4.72. The first kappa shape index (κ1) is 17.5. The number of ether oxygens (including phenoxy) is 1. The molecule has 23 heavy (non-hydrogen) atoms. The Balaban J connectivity index is 2.18. The molecule has 2 aromatic rings. The molecule has 0 saturated carbocycles. The minimum Gasteiger partial charge on any atom is -0.383 e. The molecule has 1 heterocycles. The molecule has 0 aliphatic carbocycles. The molecule has 6 nitrogen and oxygen atoms in total. The average Bonchev–Trinajstić information content (AvgIpc) is 2.50. The van der Waals surface area contributed by atoms with Crippen molar-refractivity contribution < 1.29 is 9.53 Å². The highest BCUT2D eigenvalue weighted by atomic mass is 35.5. The second-order valence-corrected chi connectivity index (χ2v) is 5.56. The normalized spacial score (nSPS) is 10.4. The number of aryl methyl sites for hydroxylation is 1. The molecule has 0 aliphatic heterocycles. The van der Waals surface area contributed by atoms with Crippen LogP contribution in [0, 0.1) is 6.92 Å². The van der Waals surface area contributed by atoms with E-state index in [0.29, 0.717) is 34.6 Å². The van der Waals surface area contributed by atoms with E-state index in [4.69, 9.17) is 27.9 Å². The summed E-state index contributed by atoms with van der Waals surface area (Å²) in [7, 11) is 1.57. The molecule has 0 unspecified atom stereocenters. The average molecular weight is 355 g/mol. The molecule has 1 amide bonds. The SMILES string of the molecule is COCCNC(=O)c1cc(C)nc(Nc2ccc(Cl)cc2Cl)n1. The maximum absolute atomic E-state index is 12.1. The van der Waals surface area contributed by atoms with Gasteiger partial charge in [-0.2, -0.15) is 0 Å². The number of hydrogen-bond acceptors (Lipinski definition) is 5. The Morgan fingerprint density at radius 2 is 2.04 bits per heavy atom. The molecule has 0 saturated heterocycles. The fourth-order valence-corrected chi connectivity index (χ4v) is 2.26. The number of carbonyl (C=O) groups excluding carboxylic acids is 1. The summed E-state index contributed by atoms with van der Waals surface area (Å²) in [4.78, 5) is 20.5. The highest BCUT2D eigenvalue weighted by Crippen LogP contribution is 2.27. The second kappa shape index (κ2) is 8.10. The molecule has 0 atom stereocenters. The Kier molecular flexibility index (Phi) is 6.15. The van der Waals surface area contributed by atoms with E-state index in [1.807, 2.05) is 0 Å². The van der Waals surface area contributed by atoms with Gasteiger partial charge in [0, 0.05) is 24.4 Å². The number of halogens is 2. The van der Waals surface area contributed by atoms with Crippen LogP contribution in [0.4, 0.5) is 11.6 Å². The molecule has 0 fully saturated rings. The van der Waals surface area contributed by atoms with Gasteiger partial charge < -0.3 is 15.4 Å². The summed E-state index contributed by atoms with van der Waals surface area (Å²) < 4.78 is 4.89. The Hall–Kier alpha value is -1.89. The molecular weight excluding hydrogens is 339 g/mol. The number of methoxy groups -OCH3 is 1. The first-order chi connectivity index (χ1) is 11.0. The van der Waals surface area contributed by atoms with Crippen LogP contribution in [0.1, 0.15) is 16.2 Å². The fraction of sp³-hybridized carbons (Fsp3) is 0.267. The zero-order chi connectivity index (χ0) is 16.8. The van der Waals surface area contributed by atoms with Gasteiger partial charge in [-0.3, -0.25) is 4.79 Å². The minimum atomic E-state index is -0.294. The number of benzene rings is 1. The standard InChI is InChI=1S/C15H16Cl2N4O2/c1-9-7-13(14(22)18-5-6-23-2)21-15(19-9)20-12-4-3-10(16)8-11(12)17/h3-4,7-8H,5-6H2,1-2H3,(H,18,22)(H,19,20,21). The van der Waals surface area contributed by atoms with Gasteiger partial charge in [0.2, 0.25) is 5.95 Å². The molecule has 2 rings (SSSR count). The van der Waals surface area contributed by atoms with Gasteiger partial charge in [0.25, 0.3) is 5.91 Å². The van der Waals surface area contributed by atoms with Crippen molar-refractivity contribution in [3.05, 3.63) is 45.7 Å². The first-order valence-electron chi connectivity index (χ1n) is 6.84. The number of nitrogens with one attached hydrogen (secondary N) is 2. The third-order valence-electron chi connectivity index (χ3n) is 2.86. The van der Waals surface area contributed by atoms with Crippen molar-refractivity contribution >= 4 is 40.7 Å². The van der Waals surface area contributed by atoms with Gasteiger partial charge in [-0.05, 0) is 31.2 Å². The number of hydrogen-bond donors (Lipinski definition) is 2. The summed E-state index contributed by atoms with van der Waals surface area (Å²) >= 11 is 12.0. The predicted octanol–water partition coefficient (Wildman–Crippen LogP) is 3.21. The summed E-state index contributed by atoms with van der Waals surface area (Å²) in [6, 6.07) is 6.63. The van der Waals surface area contributed by atoms with Crippen LogP contribution in [0.3, 0.4) is 0 Å². The number of amides is 1. The number of anilines is 2. The molecule has 8 heteroatoms. The summed E-state index contributed by atoms with van der Waals surface area (Å²) in [6.07, 6.45) is 0. The Bertz CT molecular complexity index is 710. The number of rotatable bonds is 6. The van der Waals surface area contributed by atoms with Crippen molar-refractivity contribution in [3.63, 3.8) is 0 Å². The lowest BCUT2D eigenvalue weighted by Gasteiger charge is -2.10. The molecule has 2 N–H and O–H groups in total. The lowest BCUT2D eigenvalue weighted by atomic mass is 10.3. The summed E-state index contributed by atoms with van der Waals surface area (Å²) in [5, 5.41) is 6.67. The smallest absolute Gasteiger partial charge is 0.270 e. The van der Waals surface area contributed by atoms with E-state index in [1.54, 1.807) is 38.3 Å². The Labute approximate surface area is 144 Å². The lowest BCUT2D eigenvalue weighted by Crippen LogP contribution is -2.28. The van der Waals surface area contributed by atoms with Crippen LogP contribution in [0.5, 0.6) is 0 Å². The molecule has 1 aromatic carbocycles. The van der Waals surface area contributed by atoms with Gasteiger partial charge in [-0.25, -0.2) is 9.97 Å². The maximum atomic E-state index is 12.1. The highest BCUT2D eigenvalue weighted by Gasteiger charge is 2.11. The van der Waals surface area contributed by atoms with Gasteiger partial charge in [0.1, 0.15) is 5.69 Å². The zero-order valence-electron chi connectivity index (χ0n) is 12.7. The largest absolute Gasteiger partial charge is 0.383 e. The van der Waals surface area contributed by atoms with Gasteiger partial charge in [0.15, 0.2) is 0 Å². The molecule has 122 valence electrons. The van der Waals surface area contributed by atoms with Crippen molar-refractivity contribution in [2.45, 2.75) is 6.92 Å². The Morgan fingerprint density at radius 1 is 1.26 bits per heavy atom. The van der Waals surface area contributed by atoms with E-state index in [1.165, 1.54) is 0 Å². The van der Waals surface area contributed by atoms with Crippen molar-refractivity contribution in [1.82, 2.24) is 15.3 Å². The molecule has 0 radical (unpaired) electrons. The van der Waals surface area contributed by atoms with Gasteiger partial charge in [-0.1, -0.05) is 23.2 Å². The van der Waals surface area contributed by atoms with Crippen LogP contribution in [-0.4, -0.2) is 36.1 Å². The molecule has 0 spiro atoms. The summed E-state index contributed by atoms with van der Waals surface area (Å²) in [6.45, 7) is 2.62. The van der Waals surface area contributed by atoms with E-state index in [2.05, 4.69) is 20.6 Å². The van der Waals surface area contributed by atoms with Crippen molar-refractivity contribution in [2.24, 2.45) is 0 Å². The van der Waals surface area contributed by atoms with Crippen LogP contribution >= 0.6 is 23.2 Å². The van der Waals surface area contributed by atoms with Crippen LogP contribution < -0.4 is 10.6 Å². The topological polar surface area (TPSA) is 76.1 Å². The number of aromatic nitrogens is 2. The number of nitrogens with zero attached hydrogens (tertiary/aromatic N) is 2. The monoisotopic (exact) mass is 354 g/mol. The molecule has 1 aromatic heterocycles. The fourth-order valence-electron chi connectivity index (χ4n) is 1.81. The van der Waals surface area contributed by atoms with Crippen molar-refractivity contribution in [3.8, 4) is 0 Å². The Morgan fingerprint density at radius 3 is 2.74 bits per heavy atom. The van der Waals surface area contributed by atoms with E-state index >= 15 is 0 Å². The van der Waals surface area contributed by atoms with E-state index in [0.717, 1.165) is 0 Å². The van der Waals surface area contributed by atoms with Crippen LogP contribution in [0.25, 0.3) is 0 Å². The van der Waals surface area contributed by atoms with Gasteiger partial charge >= 0.3 is 0 Å².